The average Bonchev–Trinajstić information content (AvgIpc) is 2.08. The Kier molecular flexibility index (Phi) is 5.59. The highest BCUT2D eigenvalue weighted by atomic mass is 16.1. The standard InChI is InChI=1S/C13H23NO2/c1-9(10(2)15)12(11(3)16)7-14-8-13(4,5)6/h14H,7-8H2,1-6H3/b12-9-. The van der Waals surface area contributed by atoms with Crippen LogP contribution in [0.25, 0.3) is 0 Å². The van der Waals surface area contributed by atoms with Crippen molar-refractivity contribution in [1.29, 1.82) is 0 Å². The van der Waals surface area contributed by atoms with Crippen LogP contribution >= 0.6 is 0 Å². The minimum atomic E-state index is -0.0391. The highest BCUT2D eigenvalue weighted by Gasteiger charge is 2.13. The summed E-state index contributed by atoms with van der Waals surface area (Å²) in [5, 5.41) is 3.21. The summed E-state index contributed by atoms with van der Waals surface area (Å²) in [6.45, 7) is 12.3. The molecule has 0 saturated carbocycles. The second-order valence-electron chi connectivity index (χ2n) is 5.38. The minimum Gasteiger partial charge on any atom is -0.312 e. The molecule has 0 aliphatic heterocycles. The summed E-state index contributed by atoms with van der Waals surface area (Å²) in [6.07, 6.45) is 0. The topological polar surface area (TPSA) is 46.2 Å². The van der Waals surface area contributed by atoms with Gasteiger partial charge in [-0.1, -0.05) is 20.8 Å². The number of carbonyl (C=O) groups is 2. The second kappa shape index (κ2) is 5.94. The van der Waals surface area contributed by atoms with Crippen LogP contribution in [0, 0.1) is 5.41 Å². The number of carbonyl (C=O) groups excluding carboxylic acids is 2. The molecule has 0 aliphatic carbocycles. The van der Waals surface area contributed by atoms with E-state index in [9.17, 15) is 9.59 Å². The fraction of sp³-hybridized carbons (Fsp3) is 0.692. The van der Waals surface area contributed by atoms with Gasteiger partial charge in [0, 0.05) is 18.7 Å². The number of rotatable bonds is 5. The van der Waals surface area contributed by atoms with Crippen LogP contribution in [-0.4, -0.2) is 24.7 Å². The lowest BCUT2D eigenvalue weighted by Gasteiger charge is -2.19. The van der Waals surface area contributed by atoms with Crippen LogP contribution in [-0.2, 0) is 9.59 Å². The third-order valence-electron chi connectivity index (χ3n) is 2.36. The fourth-order valence-electron chi connectivity index (χ4n) is 1.30. The Morgan fingerprint density at radius 2 is 1.50 bits per heavy atom. The van der Waals surface area contributed by atoms with E-state index >= 15 is 0 Å². The van der Waals surface area contributed by atoms with Gasteiger partial charge in [0.05, 0.1) is 0 Å². The fourth-order valence-corrected chi connectivity index (χ4v) is 1.30. The van der Waals surface area contributed by atoms with E-state index < -0.39 is 0 Å². The maximum absolute atomic E-state index is 11.4. The molecule has 0 fully saturated rings. The molecular weight excluding hydrogens is 202 g/mol. The van der Waals surface area contributed by atoms with Crippen molar-refractivity contribution in [1.82, 2.24) is 5.32 Å². The first-order valence-electron chi connectivity index (χ1n) is 5.57. The zero-order valence-corrected chi connectivity index (χ0v) is 11.2. The van der Waals surface area contributed by atoms with Crippen molar-refractivity contribution in [2.24, 2.45) is 5.41 Å². The predicted octanol–water partition coefficient (Wildman–Crippen LogP) is 2.12. The molecule has 0 aromatic carbocycles. The van der Waals surface area contributed by atoms with Crippen molar-refractivity contribution in [3.05, 3.63) is 11.1 Å². The first-order valence-corrected chi connectivity index (χ1v) is 5.57. The normalized spacial score (nSPS) is 13.4. The first kappa shape index (κ1) is 15.0. The Balaban J connectivity index is 4.56. The van der Waals surface area contributed by atoms with E-state index in [0.717, 1.165) is 6.54 Å². The lowest BCUT2D eigenvalue weighted by Crippen LogP contribution is -2.30. The summed E-state index contributed by atoms with van der Waals surface area (Å²) in [7, 11) is 0. The molecule has 0 rings (SSSR count). The lowest BCUT2D eigenvalue weighted by molar-refractivity contribution is -0.116. The van der Waals surface area contributed by atoms with Gasteiger partial charge in [0.25, 0.3) is 0 Å². The molecule has 0 radical (unpaired) electrons. The molecule has 16 heavy (non-hydrogen) atoms. The molecular formula is C13H23NO2. The van der Waals surface area contributed by atoms with Crippen LogP contribution in [0.3, 0.4) is 0 Å². The highest BCUT2D eigenvalue weighted by Crippen LogP contribution is 2.11. The van der Waals surface area contributed by atoms with Gasteiger partial charge in [-0.25, -0.2) is 0 Å². The molecule has 3 heteroatoms. The molecule has 0 aromatic heterocycles. The van der Waals surface area contributed by atoms with Crippen molar-refractivity contribution in [3.63, 3.8) is 0 Å². The first-order chi connectivity index (χ1) is 7.15. The van der Waals surface area contributed by atoms with Crippen molar-refractivity contribution >= 4 is 11.6 Å². The molecule has 0 unspecified atom stereocenters. The Morgan fingerprint density at radius 3 is 1.81 bits per heavy atom. The van der Waals surface area contributed by atoms with Gasteiger partial charge in [0.15, 0.2) is 11.6 Å². The lowest BCUT2D eigenvalue weighted by atomic mass is 9.96. The zero-order chi connectivity index (χ0) is 12.9. The number of hydrogen-bond donors (Lipinski definition) is 1. The van der Waals surface area contributed by atoms with E-state index in [4.69, 9.17) is 0 Å². The third kappa shape index (κ3) is 5.81. The number of ketones is 2. The van der Waals surface area contributed by atoms with Crippen molar-refractivity contribution in [3.8, 4) is 0 Å². The van der Waals surface area contributed by atoms with Crippen molar-refractivity contribution < 1.29 is 9.59 Å². The molecule has 0 aliphatic rings. The van der Waals surface area contributed by atoms with Crippen LogP contribution in [0.2, 0.25) is 0 Å². The Morgan fingerprint density at radius 1 is 1.00 bits per heavy atom. The van der Waals surface area contributed by atoms with E-state index in [2.05, 4.69) is 26.1 Å². The van der Waals surface area contributed by atoms with Gasteiger partial charge >= 0.3 is 0 Å². The molecule has 3 nitrogen and oxygen atoms in total. The summed E-state index contributed by atoms with van der Waals surface area (Å²) < 4.78 is 0. The molecule has 1 N–H and O–H groups in total. The molecule has 0 amide bonds. The highest BCUT2D eigenvalue weighted by molar-refractivity contribution is 6.04. The van der Waals surface area contributed by atoms with Gasteiger partial charge in [-0.3, -0.25) is 9.59 Å². The summed E-state index contributed by atoms with van der Waals surface area (Å²) in [4.78, 5) is 22.6. The summed E-state index contributed by atoms with van der Waals surface area (Å²) in [6, 6.07) is 0. The summed E-state index contributed by atoms with van der Waals surface area (Å²) >= 11 is 0. The van der Waals surface area contributed by atoms with Crippen molar-refractivity contribution in [2.45, 2.75) is 41.5 Å². The number of Topliss-reactive ketones (excluding diaryl/α,β-unsaturated/α-hetero) is 2. The van der Waals surface area contributed by atoms with Gasteiger partial charge in [-0.05, 0) is 31.8 Å². The van der Waals surface area contributed by atoms with Crippen LogP contribution in [0.5, 0.6) is 0 Å². The van der Waals surface area contributed by atoms with Crippen LogP contribution in [0.15, 0.2) is 11.1 Å². The number of allylic oxidation sites excluding steroid dienone is 1. The maximum atomic E-state index is 11.4. The predicted molar refractivity (Wildman–Crippen MR) is 66.4 cm³/mol. The number of nitrogens with one attached hydrogen (secondary N) is 1. The van der Waals surface area contributed by atoms with Crippen molar-refractivity contribution in [2.75, 3.05) is 13.1 Å². The van der Waals surface area contributed by atoms with Crippen LogP contribution < -0.4 is 5.32 Å². The molecule has 0 spiro atoms. The molecule has 0 atom stereocenters. The molecule has 0 bridgehead atoms. The number of hydrogen-bond acceptors (Lipinski definition) is 3. The summed E-state index contributed by atoms with van der Waals surface area (Å²) in [5.74, 6) is -0.0723. The quantitative estimate of drug-likeness (QED) is 0.729. The monoisotopic (exact) mass is 225 g/mol. The van der Waals surface area contributed by atoms with E-state index in [1.165, 1.54) is 13.8 Å². The van der Waals surface area contributed by atoms with E-state index in [1.54, 1.807) is 6.92 Å². The van der Waals surface area contributed by atoms with E-state index in [0.29, 0.717) is 17.7 Å². The third-order valence-corrected chi connectivity index (χ3v) is 2.36. The van der Waals surface area contributed by atoms with Gasteiger partial charge in [-0.15, -0.1) is 0 Å². The molecule has 92 valence electrons. The Bertz CT molecular complexity index is 308. The van der Waals surface area contributed by atoms with Gasteiger partial charge in [0.1, 0.15) is 0 Å². The Hall–Kier alpha value is -0.960. The zero-order valence-electron chi connectivity index (χ0n) is 11.2. The smallest absolute Gasteiger partial charge is 0.157 e. The minimum absolute atomic E-state index is 0.0332. The van der Waals surface area contributed by atoms with Gasteiger partial charge in [0.2, 0.25) is 0 Å². The van der Waals surface area contributed by atoms with Gasteiger partial charge < -0.3 is 5.32 Å². The maximum Gasteiger partial charge on any atom is 0.157 e. The van der Waals surface area contributed by atoms with E-state index in [1.807, 2.05) is 0 Å². The largest absolute Gasteiger partial charge is 0.312 e. The van der Waals surface area contributed by atoms with Crippen LogP contribution in [0.1, 0.15) is 41.5 Å². The summed E-state index contributed by atoms with van der Waals surface area (Å²) in [5.41, 5.74) is 1.33. The second-order valence-corrected chi connectivity index (χ2v) is 5.38. The van der Waals surface area contributed by atoms with E-state index in [-0.39, 0.29) is 17.0 Å². The van der Waals surface area contributed by atoms with Crippen LogP contribution in [0.4, 0.5) is 0 Å². The van der Waals surface area contributed by atoms with Gasteiger partial charge in [-0.2, -0.15) is 0 Å². The SMILES string of the molecule is CC(=O)/C(C)=C(/CNCC(C)(C)C)C(C)=O. The molecule has 0 aromatic rings. The average molecular weight is 225 g/mol. The molecule has 0 saturated heterocycles. The Labute approximate surface area is 98.3 Å². The molecule has 0 heterocycles.